The van der Waals surface area contributed by atoms with Gasteiger partial charge in [0.1, 0.15) is 5.75 Å². The molecule has 1 aliphatic rings. The van der Waals surface area contributed by atoms with Crippen molar-refractivity contribution in [1.82, 2.24) is 20.0 Å². The molecule has 0 fully saturated rings. The Morgan fingerprint density at radius 1 is 1.21 bits per heavy atom. The number of carbonyl (C=O) groups excluding carboxylic acids is 1. The fourth-order valence-corrected chi connectivity index (χ4v) is 4.07. The first-order valence-electron chi connectivity index (χ1n) is 10.8. The number of anilines is 1. The monoisotopic (exact) mass is 483 g/mol. The molecule has 10 heteroatoms. The zero-order valence-corrected chi connectivity index (χ0v) is 19.8. The minimum Gasteiger partial charge on any atom is -0.492 e. The van der Waals surface area contributed by atoms with Crippen LogP contribution in [0.25, 0.3) is 5.69 Å². The number of carboxylic acid groups (broad SMARTS) is 1. The van der Waals surface area contributed by atoms with Crippen LogP contribution >= 0.6 is 11.6 Å². The molecule has 9 nitrogen and oxygen atoms in total. The summed E-state index contributed by atoms with van der Waals surface area (Å²) in [6.45, 7) is 4.15. The van der Waals surface area contributed by atoms with Gasteiger partial charge in [-0.1, -0.05) is 35.9 Å². The van der Waals surface area contributed by atoms with Crippen LogP contribution in [0.1, 0.15) is 37.4 Å². The first kappa shape index (κ1) is 23.4. The van der Waals surface area contributed by atoms with E-state index in [4.69, 9.17) is 16.3 Å². The van der Waals surface area contributed by atoms with Crippen LogP contribution in [-0.4, -0.2) is 45.6 Å². The summed E-state index contributed by atoms with van der Waals surface area (Å²) in [5.74, 6) is 0.997. The number of nitrogens with zero attached hydrogens (tertiary/aromatic N) is 3. The van der Waals surface area contributed by atoms with Crippen molar-refractivity contribution >= 4 is 29.5 Å². The molecule has 3 N–H and O–H groups in total. The van der Waals surface area contributed by atoms with E-state index in [-0.39, 0.29) is 12.1 Å². The summed E-state index contributed by atoms with van der Waals surface area (Å²) in [5.41, 5.74) is 1.78. The number of ether oxygens (including phenoxy) is 1. The van der Waals surface area contributed by atoms with Crippen molar-refractivity contribution in [1.29, 1.82) is 0 Å². The Hall–Kier alpha value is -3.72. The molecule has 0 saturated heterocycles. The maximum Gasteiger partial charge on any atom is 0.407 e. The van der Waals surface area contributed by atoms with Gasteiger partial charge >= 0.3 is 12.1 Å². The Balaban J connectivity index is 1.42. The van der Waals surface area contributed by atoms with E-state index in [1.165, 1.54) is 4.90 Å². The summed E-state index contributed by atoms with van der Waals surface area (Å²) < 4.78 is 7.28. The smallest absolute Gasteiger partial charge is 0.407 e. The first-order valence-corrected chi connectivity index (χ1v) is 11.2. The van der Waals surface area contributed by atoms with Gasteiger partial charge in [-0.25, -0.2) is 14.3 Å². The fraction of sp³-hybridized carbons (Fsp3) is 0.292. The quantitative estimate of drug-likeness (QED) is 0.472. The van der Waals surface area contributed by atoms with Crippen LogP contribution in [0.3, 0.4) is 0 Å². The number of halogens is 1. The van der Waals surface area contributed by atoms with Crippen LogP contribution in [0.4, 0.5) is 15.4 Å². The Kier molecular flexibility index (Phi) is 6.39. The number of nitrogens with one attached hydrogen (secondary N) is 2. The van der Waals surface area contributed by atoms with Crippen molar-refractivity contribution in [2.45, 2.75) is 31.8 Å². The van der Waals surface area contributed by atoms with Crippen molar-refractivity contribution in [2.24, 2.45) is 0 Å². The van der Waals surface area contributed by atoms with Gasteiger partial charge < -0.3 is 20.1 Å². The van der Waals surface area contributed by atoms with Crippen molar-refractivity contribution in [2.75, 3.05) is 19.0 Å². The SMILES string of the molecule is CN(C(=O)O)C(C)(C)c1ccc(-n2ccc(NC(=O)N[C@H]3CCOc4c(Cl)cccc43)n2)cc1. The molecule has 3 amide bonds. The molecule has 1 aromatic heterocycles. The van der Waals surface area contributed by atoms with Crippen LogP contribution in [0.15, 0.2) is 54.7 Å². The Labute approximate surface area is 202 Å². The zero-order valence-electron chi connectivity index (χ0n) is 19.1. The summed E-state index contributed by atoms with van der Waals surface area (Å²) in [5, 5.41) is 20.0. The predicted octanol–water partition coefficient (Wildman–Crippen LogP) is 5.02. The average Bonchev–Trinajstić information content (AvgIpc) is 3.27. The number of aromatic nitrogens is 2. The van der Waals surface area contributed by atoms with E-state index in [9.17, 15) is 14.7 Å². The maximum atomic E-state index is 12.6. The second-order valence-electron chi connectivity index (χ2n) is 8.54. The van der Waals surface area contributed by atoms with E-state index < -0.39 is 11.6 Å². The fourth-order valence-electron chi connectivity index (χ4n) is 3.84. The molecule has 3 aromatic rings. The van der Waals surface area contributed by atoms with Gasteiger partial charge in [-0.2, -0.15) is 0 Å². The molecule has 1 aliphatic heterocycles. The van der Waals surface area contributed by atoms with Crippen molar-refractivity contribution in [3.8, 4) is 11.4 Å². The zero-order chi connectivity index (χ0) is 24.5. The first-order chi connectivity index (χ1) is 16.2. The molecule has 0 bridgehead atoms. The lowest BCUT2D eigenvalue weighted by Gasteiger charge is -2.34. The maximum absolute atomic E-state index is 12.6. The molecule has 0 unspecified atom stereocenters. The molecule has 178 valence electrons. The summed E-state index contributed by atoms with van der Waals surface area (Å²) in [6, 6.07) is 14.0. The Bertz CT molecular complexity index is 1210. The highest BCUT2D eigenvalue weighted by Gasteiger charge is 2.29. The molecular weight excluding hydrogens is 458 g/mol. The third-order valence-electron chi connectivity index (χ3n) is 6.13. The van der Waals surface area contributed by atoms with Crippen LogP contribution in [0.5, 0.6) is 5.75 Å². The molecule has 34 heavy (non-hydrogen) atoms. The summed E-state index contributed by atoms with van der Waals surface area (Å²) >= 11 is 6.20. The molecule has 0 saturated carbocycles. The van der Waals surface area contributed by atoms with Gasteiger partial charge in [0.15, 0.2) is 5.82 Å². The van der Waals surface area contributed by atoms with E-state index in [2.05, 4.69) is 15.7 Å². The minimum absolute atomic E-state index is 0.218. The van der Waals surface area contributed by atoms with Gasteiger partial charge in [0.2, 0.25) is 0 Å². The van der Waals surface area contributed by atoms with Crippen molar-refractivity contribution < 1.29 is 19.4 Å². The van der Waals surface area contributed by atoms with Crippen LogP contribution in [0.2, 0.25) is 5.02 Å². The predicted molar refractivity (Wildman–Crippen MR) is 129 cm³/mol. The van der Waals surface area contributed by atoms with E-state index >= 15 is 0 Å². The summed E-state index contributed by atoms with van der Waals surface area (Å²) in [7, 11) is 1.54. The molecule has 0 radical (unpaired) electrons. The number of benzene rings is 2. The van der Waals surface area contributed by atoms with E-state index in [1.54, 1.807) is 30.1 Å². The van der Waals surface area contributed by atoms with Gasteiger partial charge in [-0.3, -0.25) is 5.32 Å². The largest absolute Gasteiger partial charge is 0.492 e. The lowest BCUT2D eigenvalue weighted by Crippen LogP contribution is -2.41. The van der Waals surface area contributed by atoms with Crippen molar-refractivity contribution in [3.05, 3.63) is 70.9 Å². The number of para-hydroxylation sites is 1. The van der Waals surface area contributed by atoms with Gasteiger partial charge in [0.25, 0.3) is 0 Å². The number of amides is 3. The third-order valence-corrected chi connectivity index (χ3v) is 6.42. The topological polar surface area (TPSA) is 109 Å². The number of hydrogen-bond donors (Lipinski definition) is 3. The molecule has 1 atom stereocenters. The molecular formula is C24H26ClN5O4. The third kappa shape index (κ3) is 4.65. The normalized spacial score (nSPS) is 15.1. The molecule has 0 aliphatic carbocycles. The number of urea groups is 1. The minimum atomic E-state index is -0.998. The lowest BCUT2D eigenvalue weighted by molar-refractivity contribution is 0.110. The molecule has 4 rings (SSSR count). The van der Waals surface area contributed by atoms with Gasteiger partial charge in [0, 0.05) is 31.3 Å². The highest BCUT2D eigenvalue weighted by molar-refractivity contribution is 6.32. The Morgan fingerprint density at radius 3 is 2.65 bits per heavy atom. The van der Waals surface area contributed by atoms with Gasteiger partial charge in [-0.15, -0.1) is 5.10 Å². The molecule has 2 heterocycles. The van der Waals surface area contributed by atoms with Crippen molar-refractivity contribution in [3.63, 3.8) is 0 Å². The number of hydrogen-bond acceptors (Lipinski definition) is 4. The van der Waals surface area contributed by atoms with Gasteiger partial charge in [0.05, 0.1) is 28.9 Å². The highest BCUT2D eigenvalue weighted by Crippen LogP contribution is 2.37. The Morgan fingerprint density at radius 2 is 1.94 bits per heavy atom. The van der Waals surface area contributed by atoms with E-state index in [1.807, 2.05) is 50.2 Å². The van der Waals surface area contributed by atoms with Crippen LogP contribution in [0, 0.1) is 0 Å². The standard InChI is InChI=1S/C24H26ClN5O4/c1-24(2,29(3)23(32)33)15-7-9-16(10-8-15)30-13-11-20(28-30)27-22(31)26-19-12-14-34-21-17(19)5-4-6-18(21)25/h4-11,13,19H,12,14H2,1-3H3,(H,32,33)(H2,26,27,28,31)/t19-/m0/s1. The van der Waals surface area contributed by atoms with Crippen LogP contribution < -0.4 is 15.4 Å². The summed E-state index contributed by atoms with van der Waals surface area (Å²) in [6.07, 6.45) is 1.37. The van der Waals surface area contributed by atoms with E-state index in [0.29, 0.717) is 29.6 Å². The molecule has 0 spiro atoms. The molecule has 2 aromatic carbocycles. The summed E-state index contributed by atoms with van der Waals surface area (Å²) in [4.78, 5) is 25.2. The number of carbonyl (C=O) groups is 2. The highest BCUT2D eigenvalue weighted by atomic mass is 35.5. The van der Waals surface area contributed by atoms with Crippen LogP contribution in [-0.2, 0) is 5.54 Å². The number of rotatable bonds is 5. The van der Waals surface area contributed by atoms with E-state index in [0.717, 1.165) is 16.8 Å². The lowest BCUT2D eigenvalue weighted by atomic mass is 9.93. The second kappa shape index (κ2) is 9.26. The average molecular weight is 484 g/mol. The van der Waals surface area contributed by atoms with Gasteiger partial charge in [-0.05, 0) is 37.6 Å². The number of fused-ring (bicyclic) bond motifs is 1. The second-order valence-corrected chi connectivity index (χ2v) is 8.95.